The van der Waals surface area contributed by atoms with E-state index in [1.54, 1.807) is 0 Å². The number of carbonyl (C=O) groups is 1. The van der Waals surface area contributed by atoms with Gasteiger partial charge in [0, 0.05) is 0 Å². The summed E-state index contributed by atoms with van der Waals surface area (Å²) in [5.74, 6) is -0.00839. The van der Waals surface area contributed by atoms with Crippen LogP contribution in [-0.4, -0.2) is 30.2 Å². The van der Waals surface area contributed by atoms with Gasteiger partial charge in [0.25, 0.3) is 0 Å². The zero-order valence-electron chi connectivity index (χ0n) is 9.81. The Balaban J connectivity index is 2.21. The molecule has 0 unspecified atom stereocenters. The molecule has 0 bridgehead atoms. The maximum atomic E-state index is 13.6. The molecular formula is C11H9ClFN3O2S. The molecule has 0 aliphatic carbocycles. The first kappa shape index (κ1) is 13.8. The SMILES string of the molecule is COc1ccc(F)c(C=NN=C2NC(=O)CS2)c1Cl. The summed E-state index contributed by atoms with van der Waals surface area (Å²) in [4.78, 5) is 10.9. The number of ether oxygens (including phenoxy) is 1. The van der Waals surface area contributed by atoms with Gasteiger partial charge in [-0.1, -0.05) is 23.4 Å². The van der Waals surface area contributed by atoms with E-state index in [0.29, 0.717) is 16.7 Å². The Morgan fingerprint density at radius 1 is 1.58 bits per heavy atom. The highest BCUT2D eigenvalue weighted by atomic mass is 35.5. The summed E-state index contributed by atoms with van der Waals surface area (Å²) in [6.07, 6.45) is 1.18. The first-order chi connectivity index (χ1) is 9.11. The first-order valence-corrected chi connectivity index (χ1v) is 6.54. The van der Waals surface area contributed by atoms with E-state index in [0.717, 1.165) is 0 Å². The van der Waals surface area contributed by atoms with E-state index in [1.807, 2.05) is 0 Å². The quantitative estimate of drug-likeness (QED) is 0.686. The zero-order valence-corrected chi connectivity index (χ0v) is 11.4. The third-order valence-corrected chi connectivity index (χ3v) is 3.49. The van der Waals surface area contributed by atoms with Crippen LogP contribution >= 0.6 is 23.4 Å². The molecule has 1 heterocycles. The Kier molecular flexibility index (Phi) is 4.39. The zero-order chi connectivity index (χ0) is 13.8. The average molecular weight is 302 g/mol. The second kappa shape index (κ2) is 6.03. The number of thioether (sulfide) groups is 1. The molecule has 1 aromatic rings. The molecule has 0 aromatic heterocycles. The predicted octanol–water partition coefficient (Wildman–Crippen LogP) is 2.04. The van der Waals surface area contributed by atoms with Crippen LogP contribution in [0.15, 0.2) is 22.3 Å². The highest BCUT2D eigenvalue weighted by Crippen LogP contribution is 2.28. The number of nitrogens with zero attached hydrogens (tertiary/aromatic N) is 2. The summed E-state index contributed by atoms with van der Waals surface area (Å²) in [5.41, 5.74) is 0.0830. The molecule has 5 nitrogen and oxygen atoms in total. The first-order valence-electron chi connectivity index (χ1n) is 5.17. The molecular weight excluding hydrogens is 293 g/mol. The van der Waals surface area contributed by atoms with E-state index in [2.05, 4.69) is 15.5 Å². The number of nitrogens with one attached hydrogen (secondary N) is 1. The summed E-state index contributed by atoms with van der Waals surface area (Å²) in [6.45, 7) is 0. The van der Waals surface area contributed by atoms with Crippen molar-refractivity contribution in [3.05, 3.63) is 28.5 Å². The fourth-order valence-corrected chi connectivity index (χ4v) is 2.25. The lowest BCUT2D eigenvalue weighted by atomic mass is 10.2. The number of amides is 1. The van der Waals surface area contributed by atoms with Crippen molar-refractivity contribution in [3.63, 3.8) is 0 Å². The number of halogens is 2. The number of methoxy groups -OCH3 is 1. The highest BCUT2D eigenvalue weighted by Gasteiger charge is 2.16. The Bertz CT molecular complexity index is 577. The lowest BCUT2D eigenvalue weighted by Crippen LogP contribution is -2.19. The second-order valence-electron chi connectivity index (χ2n) is 3.46. The Morgan fingerprint density at radius 2 is 2.37 bits per heavy atom. The number of carbonyl (C=O) groups excluding carboxylic acids is 1. The van der Waals surface area contributed by atoms with Crippen molar-refractivity contribution in [2.24, 2.45) is 10.2 Å². The van der Waals surface area contributed by atoms with E-state index >= 15 is 0 Å². The van der Waals surface area contributed by atoms with Crippen molar-refractivity contribution >= 4 is 40.7 Å². The normalized spacial score (nSPS) is 17.2. The van der Waals surface area contributed by atoms with Crippen LogP contribution in [-0.2, 0) is 4.79 Å². The smallest absolute Gasteiger partial charge is 0.236 e. The summed E-state index contributed by atoms with van der Waals surface area (Å²) in [7, 11) is 1.44. The van der Waals surface area contributed by atoms with Gasteiger partial charge >= 0.3 is 0 Å². The fraction of sp³-hybridized carbons (Fsp3) is 0.182. The van der Waals surface area contributed by atoms with Gasteiger partial charge in [-0.05, 0) is 12.1 Å². The third kappa shape index (κ3) is 3.24. The van der Waals surface area contributed by atoms with Crippen LogP contribution in [0.1, 0.15) is 5.56 Å². The van der Waals surface area contributed by atoms with Crippen LogP contribution in [0.5, 0.6) is 5.75 Å². The molecule has 0 atom stereocenters. The molecule has 1 N–H and O–H groups in total. The van der Waals surface area contributed by atoms with Crippen molar-refractivity contribution < 1.29 is 13.9 Å². The van der Waals surface area contributed by atoms with Gasteiger partial charge in [-0.3, -0.25) is 4.79 Å². The number of hydrogen-bond donors (Lipinski definition) is 1. The molecule has 1 aromatic carbocycles. The van der Waals surface area contributed by atoms with Crippen molar-refractivity contribution in [2.45, 2.75) is 0 Å². The molecule has 1 aliphatic heterocycles. The lowest BCUT2D eigenvalue weighted by Gasteiger charge is -2.05. The van der Waals surface area contributed by atoms with Crippen LogP contribution < -0.4 is 10.1 Å². The molecule has 1 fully saturated rings. The van der Waals surface area contributed by atoms with Crippen LogP contribution in [0.2, 0.25) is 5.02 Å². The van der Waals surface area contributed by atoms with E-state index in [9.17, 15) is 9.18 Å². The summed E-state index contributed by atoms with van der Waals surface area (Å²) < 4.78 is 18.6. The van der Waals surface area contributed by atoms with Gasteiger partial charge in [0.05, 0.1) is 29.7 Å². The van der Waals surface area contributed by atoms with Crippen LogP contribution in [0, 0.1) is 5.82 Å². The van der Waals surface area contributed by atoms with Crippen LogP contribution in [0.4, 0.5) is 4.39 Å². The molecule has 2 rings (SSSR count). The maximum absolute atomic E-state index is 13.6. The van der Waals surface area contributed by atoms with Gasteiger partial charge < -0.3 is 10.1 Å². The fourth-order valence-electron chi connectivity index (χ4n) is 1.34. The topological polar surface area (TPSA) is 63.1 Å². The van der Waals surface area contributed by atoms with Gasteiger partial charge in [-0.15, -0.1) is 5.10 Å². The molecule has 100 valence electrons. The molecule has 1 amide bonds. The minimum Gasteiger partial charge on any atom is -0.495 e. The Labute approximate surface area is 117 Å². The van der Waals surface area contributed by atoms with Gasteiger partial charge in [-0.2, -0.15) is 5.10 Å². The minimum atomic E-state index is -0.530. The second-order valence-corrected chi connectivity index (χ2v) is 4.81. The van der Waals surface area contributed by atoms with Gasteiger partial charge in [0.1, 0.15) is 11.6 Å². The van der Waals surface area contributed by atoms with Crippen LogP contribution in [0.25, 0.3) is 0 Å². The maximum Gasteiger partial charge on any atom is 0.236 e. The lowest BCUT2D eigenvalue weighted by molar-refractivity contribution is -0.116. The Hall–Kier alpha value is -1.60. The summed E-state index contributed by atoms with van der Waals surface area (Å²) in [6, 6.07) is 2.65. The van der Waals surface area contributed by atoms with Crippen LogP contribution in [0.3, 0.4) is 0 Å². The van der Waals surface area contributed by atoms with Gasteiger partial charge in [-0.25, -0.2) is 4.39 Å². The number of hydrogen-bond acceptors (Lipinski definition) is 5. The van der Waals surface area contributed by atoms with E-state index < -0.39 is 5.82 Å². The van der Waals surface area contributed by atoms with E-state index in [4.69, 9.17) is 16.3 Å². The monoisotopic (exact) mass is 301 g/mol. The molecule has 0 radical (unpaired) electrons. The molecule has 1 aliphatic rings. The van der Waals surface area contributed by atoms with E-state index in [1.165, 1.54) is 37.2 Å². The Morgan fingerprint density at radius 3 is 3.00 bits per heavy atom. The molecule has 1 saturated heterocycles. The molecule has 8 heteroatoms. The summed E-state index contributed by atoms with van der Waals surface area (Å²) in [5, 5.41) is 10.5. The molecule has 0 saturated carbocycles. The minimum absolute atomic E-state index is 0.0830. The largest absolute Gasteiger partial charge is 0.495 e. The van der Waals surface area contributed by atoms with Gasteiger partial charge in [0.15, 0.2) is 5.17 Å². The average Bonchev–Trinajstić information content (AvgIpc) is 2.79. The molecule has 0 spiro atoms. The van der Waals surface area contributed by atoms with Gasteiger partial charge in [0.2, 0.25) is 5.91 Å². The predicted molar refractivity (Wildman–Crippen MR) is 73.6 cm³/mol. The van der Waals surface area contributed by atoms with Crippen molar-refractivity contribution in [1.29, 1.82) is 0 Å². The molecule has 19 heavy (non-hydrogen) atoms. The number of rotatable bonds is 3. The van der Waals surface area contributed by atoms with Crippen molar-refractivity contribution in [1.82, 2.24) is 5.32 Å². The van der Waals surface area contributed by atoms with Crippen molar-refractivity contribution in [2.75, 3.05) is 12.9 Å². The highest BCUT2D eigenvalue weighted by molar-refractivity contribution is 8.15. The standard InChI is InChI=1S/C11H9ClFN3O2S/c1-18-8-3-2-7(13)6(10(8)12)4-14-16-11-15-9(17)5-19-11/h2-4H,5H2,1H3,(H,15,16,17). The number of amidine groups is 1. The third-order valence-electron chi connectivity index (χ3n) is 2.23. The number of benzene rings is 1. The summed E-state index contributed by atoms with van der Waals surface area (Å²) >= 11 is 7.18. The van der Waals surface area contributed by atoms with E-state index in [-0.39, 0.29) is 16.5 Å². The van der Waals surface area contributed by atoms with Crippen molar-refractivity contribution in [3.8, 4) is 5.75 Å².